The van der Waals surface area contributed by atoms with Crippen LogP contribution >= 0.6 is 0 Å². The van der Waals surface area contributed by atoms with E-state index in [1.165, 1.54) is 83.5 Å². The third kappa shape index (κ3) is 64.0. The molecular weight excluding hydrogens is 973 g/mol. The third-order valence-corrected chi connectivity index (χ3v) is 13.3. The molecule has 0 fully saturated rings. The number of carbonyl (C=O) groups is 3. The van der Waals surface area contributed by atoms with E-state index in [-0.39, 0.29) is 31.1 Å². The lowest BCUT2D eigenvalue weighted by molar-refractivity contribution is -0.167. The van der Waals surface area contributed by atoms with Crippen LogP contribution in [0.25, 0.3) is 0 Å². The van der Waals surface area contributed by atoms with E-state index >= 15 is 0 Å². The van der Waals surface area contributed by atoms with Crippen LogP contribution in [-0.4, -0.2) is 37.2 Å². The Morgan fingerprint density at radius 3 is 0.772 bits per heavy atom. The lowest BCUT2D eigenvalue weighted by Crippen LogP contribution is -2.30. The molecule has 0 amide bonds. The minimum absolute atomic E-state index is 0.0895. The van der Waals surface area contributed by atoms with Gasteiger partial charge in [-0.15, -0.1) is 0 Å². The van der Waals surface area contributed by atoms with Crippen LogP contribution in [0.5, 0.6) is 0 Å². The van der Waals surface area contributed by atoms with Crippen LogP contribution in [0.2, 0.25) is 0 Å². The number of carbonyl (C=O) groups excluding carboxylic acids is 3. The van der Waals surface area contributed by atoms with Gasteiger partial charge in [0.1, 0.15) is 13.2 Å². The lowest BCUT2D eigenvalue weighted by Gasteiger charge is -2.18. The zero-order valence-corrected chi connectivity index (χ0v) is 51.1. The van der Waals surface area contributed by atoms with Crippen molar-refractivity contribution in [3.63, 3.8) is 0 Å². The van der Waals surface area contributed by atoms with Crippen LogP contribution in [0.3, 0.4) is 0 Å². The largest absolute Gasteiger partial charge is 0.462 e. The van der Waals surface area contributed by atoms with Gasteiger partial charge in [0.05, 0.1) is 0 Å². The van der Waals surface area contributed by atoms with E-state index in [0.29, 0.717) is 19.3 Å². The molecule has 79 heavy (non-hydrogen) atoms. The van der Waals surface area contributed by atoms with Crippen molar-refractivity contribution in [1.82, 2.24) is 0 Å². The lowest BCUT2D eigenvalue weighted by atomic mass is 10.0. The minimum Gasteiger partial charge on any atom is -0.462 e. The summed E-state index contributed by atoms with van der Waals surface area (Å²) < 4.78 is 16.8. The van der Waals surface area contributed by atoms with E-state index in [1.54, 1.807) is 0 Å². The number of rotatable bonds is 57. The summed E-state index contributed by atoms with van der Waals surface area (Å²) in [5, 5.41) is 0. The Balaban J connectivity index is 4.16. The van der Waals surface area contributed by atoms with Gasteiger partial charge in [-0.2, -0.15) is 0 Å². The average Bonchev–Trinajstić information content (AvgIpc) is 3.45. The summed E-state index contributed by atoms with van der Waals surface area (Å²) in [6.07, 6.45) is 94.5. The fourth-order valence-corrected chi connectivity index (χ4v) is 8.57. The SMILES string of the molecule is CC/C=C\C/C=C\C/C=C\C/C=C\C/C=C\C/C=C\C/C=C\CCCCCCCCCCCCCC(=O)OCC(COC(=O)CCCCCCCCC)OC(=O)CCCCCCC/C=C\C/C=C\C/C=C\C/C=C\C/C=C\CC. The predicted octanol–water partition coefficient (Wildman–Crippen LogP) is 22.3. The molecule has 1 unspecified atom stereocenters. The van der Waals surface area contributed by atoms with Crippen LogP contribution in [0.4, 0.5) is 0 Å². The molecule has 0 aromatic carbocycles. The van der Waals surface area contributed by atoms with Gasteiger partial charge in [-0.25, -0.2) is 0 Å². The van der Waals surface area contributed by atoms with Crippen molar-refractivity contribution in [3.05, 3.63) is 146 Å². The van der Waals surface area contributed by atoms with Gasteiger partial charge in [0.25, 0.3) is 0 Å². The van der Waals surface area contributed by atoms with Crippen molar-refractivity contribution in [3.8, 4) is 0 Å². The number of ether oxygens (including phenoxy) is 3. The van der Waals surface area contributed by atoms with Crippen molar-refractivity contribution in [2.75, 3.05) is 13.2 Å². The maximum absolute atomic E-state index is 12.9. The smallest absolute Gasteiger partial charge is 0.306 e. The van der Waals surface area contributed by atoms with Gasteiger partial charge in [0, 0.05) is 19.3 Å². The van der Waals surface area contributed by atoms with Gasteiger partial charge in [0.15, 0.2) is 6.10 Å². The second kappa shape index (κ2) is 65.8. The van der Waals surface area contributed by atoms with E-state index in [2.05, 4.69) is 167 Å². The molecule has 0 spiro atoms. The van der Waals surface area contributed by atoms with E-state index in [0.717, 1.165) is 154 Å². The Labute approximate surface area is 487 Å². The fourth-order valence-electron chi connectivity index (χ4n) is 8.57. The van der Waals surface area contributed by atoms with Crippen molar-refractivity contribution < 1.29 is 28.6 Å². The van der Waals surface area contributed by atoms with Crippen LogP contribution < -0.4 is 0 Å². The molecule has 0 N–H and O–H groups in total. The van der Waals surface area contributed by atoms with Gasteiger partial charge in [-0.1, -0.05) is 282 Å². The molecule has 6 heteroatoms. The Morgan fingerprint density at radius 1 is 0.266 bits per heavy atom. The molecule has 0 aliphatic rings. The molecule has 0 rings (SSSR count). The topological polar surface area (TPSA) is 78.9 Å². The molecule has 446 valence electrons. The zero-order chi connectivity index (χ0) is 57.1. The fraction of sp³-hybridized carbons (Fsp3) is 0.630. The maximum Gasteiger partial charge on any atom is 0.306 e. The minimum atomic E-state index is -0.792. The first-order valence-corrected chi connectivity index (χ1v) is 32.3. The van der Waals surface area contributed by atoms with Crippen molar-refractivity contribution >= 4 is 17.9 Å². The number of allylic oxidation sites excluding steroid dienone is 24. The van der Waals surface area contributed by atoms with E-state index in [1.807, 2.05) is 0 Å². The highest BCUT2D eigenvalue weighted by atomic mass is 16.6. The van der Waals surface area contributed by atoms with Crippen LogP contribution in [-0.2, 0) is 28.6 Å². The summed E-state index contributed by atoms with van der Waals surface area (Å²) in [6, 6.07) is 0. The van der Waals surface area contributed by atoms with Gasteiger partial charge in [-0.05, 0) is 122 Å². The molecule has 0 aliphatic carbocycles. The first kappa shape index (κ1) is 74.3. The maximum atomic E-state index is 12.9. The molecular formula is C73H118O6. The second-order valence-electron chi connectivity index (χ2n) is 20.9. The Hall–Kier alpha value is -4.71. The highest BCUT2D eigenvalue weighted by Gasteiger charge is 2.19. The molecule has 0 saturated heterocycles. The zero-order valence-electron chi connectivity index (χ0n) is 51.1. The Bertz CT molecular complexity index is 1730. The van der Waals surface area contributed by atoms with Crippen molar-refractivity contribution in [2.45, 2.75) is 284 Å². The molecule has 0 aromatic rings. The predicted molar refractivity (Wildman–Crippen MR) is 343 cm³/mol. The van der Waals surface area contributed by atoms with Crippen molar-refractivity contribution in [2.24, 2.45) is 0 Å². The summed E-state index contributed by atoms with van der Waals surface area (Å²) >= 11 is 0. The average molecular weight is 1090 g/mol. The molecule has 6 nitrogen and oxygen atoms in total. The molecule has 0 saturated carbocycles. The molecule has 0 bridgehead atoms. The molecule has 0 heterocycles. The van der Waals surface area contributed by atoms with Crippen molar-refractivity contribution in [1.29, 1.82) is 0 Å². The summed E-state index contributed by atoms with van der Waals surface area (Å²) in [4.78, 5) is 38.1. The molecule has 0 radical (unpaired) electrons. The van der Waals surface area contributed by atoms with Gasteiger partial charge >= 0.3 is 17.9 Å². The van der Waals surface area contributed by atoms with Crippen LogP contribution in [0.15, 0.2) is 146 Å². The van der Waals surface area contributed by atoms with E-state index in [9.17, 15) is 14.4 Å². The Kier molecular flexibility index (Phi) is 61.9. The molecule has 1 atom stereocenters. The summed E-state index contributed by atoms with van der Waals surface area (Å²) in [7, 11) is 0. The molecule has 0 aliphatic heterocycles. The summed E-state index contributed by atoms with van der Waals surface area (Å²) in [6.45, 7) is 6.35. The second-order valence-corrected chi connectivity index (χ2v) is 20.9. The number of esters is 3. The monoisotopic (exact) mass is 1090 g/mol. The number of hydrogen-bond acceptors (Lipinski definition) is 6. The highest BCUT2D eigenvalue weighted by molar-refractivity contribution is 5.71. The summed E-state index contributed by atoms with van der Waals surface area (Å²) in [5.41, 5.74) is 0. The van der Waals surface area contributed by atoms with E-state index < -0.39 is 6.10 Å². The van der Waals surface area contributed by atoms with Crippen LogP contribution in [0.1, 0.15) is 278 Å². The quantitative estimate of drug-likeness (QED) is 0.0261. The summed E-state index contributed by atoms with van der Waals surface area (Å²) in [5.74, 6) is -0.919. The first-order valence-electron chi connectivity index (χ1n) is 32.3. The van der Waals surface area contributed by atoms with Gasteiger partial charge in [-0.3, -0.25) is 14.4 Å². The van der Waals surface area contributed by atoms with E-state index in [4.69, 9.17) is 14.2 Å². The molecule has 0 aromatic heterocycles. The number of unbranched alkanes of at least 4 members (excludes halogenated alkanes) is 22. The van der Waals surface area contributed by atoms with Gasteiger partial charge in [0.2, 0.25) is 0 Å². The standard InChI is InChI=1S/C73H118O6/c1-4-7-10-13-16-18-20-22-24-26-28-30-31-32-33-34-35-36-37-38-39-40-41-43-44-46-48-50-52-54-57-60-63-66-72(75)78-69-70(68-77-71(74)65-62-59-56-15-12-9-6-3)79-73(76)67-64-61-58-55-53-51-49-47-45-42-29-27-25-23-21-19-17-14-11-8-5-2/h7-8,10-11,16-19,22-25,28-30,32-33,35-36,38-39,42,47,49,70H,4-6,9,12-15,20-21,26-27,31,34,37,40-41,43-46,48,50-69H2,1-3H3/b10-7-,11-8-,18-16-,19-17-,24-22-,25-23-,30-28-,33-32-,36-35-,39-38-,42-29-,49-47-. The van der Waals surface area contributed by atoms with Crippen LogP contribution in [0, 0.1) is 0 Å². The Morgan fingerprint density at radius 2 is 0.494 bits per heavy atom. The first-order chi connectivity index (χ1) is 39.0. The number of hydrogen-bond donors (Lipinski definition) is 0. The highest BCUT2D eigenvalue weighted by Crippen LogP contribution is 2.15. The normalized spacial score (nSPS) is 13.1. The van der Waals surface area contributed by atoms with Gasteiger partial charge < -0.3 is 14.2 Å². The third-order valence-electron chi connectivity index (χ3n) is 13.3.